The maximum absolute atomic E-state index is 12.9. The normalized spacial score (nSPS) is 15.4. The van der Waals surface area contributed by atoms with E-state index in [1.165, 1.54) is 46.8 Å². The van der Waals surface area contributed by atoms with Crippen LogP contribution in [0.25, 0.3) is 4.96 Å². The number of carbonyl (C=O) groups is 1. The number of benzene rings is 1. The van der Waals surface area contributed by atoms with E-state index in [1.54, 1.807) is 6.20 Å². The van der Waals surface area contributed by atoms with Gasteiger partial charge < -0.3 is 5.32 Å². The van der Waals surface area contributed by atoms with Crippen molar-refractivity contribution in [3.63, 3.8) is 0 Å². The van der Waals surface area contributed by atoms with E-state index in [1.807, 2.05) is 18.2 Å². The number of hydrogen-bond donors (Lipinski definition) is 1. The van der Waals surface area contributed by atoms with E-state index < -0.39 is 0 Å². The number of nitrogens with one attached hydrogen (secondary N) is 1. The highest BCUT2D eigenvalue weighted by Gasteiger charge is 2.28. The number of fused-ring (bicyclic) bond motifs is 1. The van der Waals surface area contributed by atoms with Crippen LogP contribution in [0.15, 0.2) is 47.5 Å². The van der Waals surface area contributed by atoms with Gasteiger partial charge in [0.15, 0.2) is 4.96 Å². The van der Waals surface area contributed by atoms with Gasteiger partial charge in [0.2, 0.25) is 0 Å². The molecule has 1 amide bonds. The molecule has 0 unspecified atom stereocenters. The van der Waals surface area contributed by atoms with E-state index in [9.17, 15) is 9.59 Å². The van der Waals surface area contributed by atoms with Crippen LogP contribution < -0.4 is 10.9 Å². The average Bonchev–Trinajstić information content (AvgIpc) is 3.17. The molecule has 0 radical (unpaired) electrons. The summed E-state index contributed by atoms with van der Waals surface area (Å²) in [6.45, 7) is 6.89. The third-order valence-corrected chi connectivity index (χ3v) is 6.81. The largest absolute Gasteiger partial charge is 0.350 e. The highest BCUT2D eigenvalue weighted by molar-refractivity contribution is 7.17. The van der Waals surface area contributed by atoms with Crippen LogP contribution in [0.3, 0.4) is 0 Å². The molecule has 0 spiro atoms. The van der Waals surface area contributed by atoms with Crippen LogP contribution in [-0.4, -0.2) is 45.4 Å². The molecule has 1 aliphatic heterocycles. The van der Waals surface area contributed by atoms with E-state index in [2.05, 4.69) is 41.2 Å². The van der Waals surface area contributed by atoms with Crippen LogP contribution in [0.4, 0.5) is 0 Å². The minimum absolute atomic E-state index is 0.0889. The molecule has 7 heteroatoms. The van der Waals surface area contributed by atoms with E-state index >= 15 is 0 Å². The molecule has 0 atom stereocenters. The fourth-order valence-electron chi connectivity index (χ4n) is 3.97. The Morgan fingerprint density at radius 2 is 1.90 bits per heavy atom. The van der Waals surface area contributed by atoms with E-state index in [0.717, 1.165) is 24.4 Å². The molecule has 3 aromatic rings. The summed E-state index contributed by atoms with van der Waals surface area (Å²) in [5, 5.41) is 2.96. The lowest BCUT2D eigenvalue weighted by atomic mass is 9.98. The van der Waals surface area contributed by atoms with Crippen molar-refractivity contribution in [2.24, 2.45) is 0 Å². The fraction of sp³-hybridized carbons (Fsp3) is 0.435. The first-order valence-corrected chi connectivity index (χ1v) is 11.3. The monoisotopic (exact) mass is 424 g/mol. The van der Waals surface area contributed by atoms with Gasteiger partial charge >= 0.3 is 0 Å². The molecule has 158 valence electrons. The van der Waals surface area contributed by atoms with Gasteiger partial charge in [-0.05, 0) is 45.3 Å². The van der Waals surface area contributed by atoms with Crippen LogP contribution in [0.1, 0.15) is 53.9 Å². The highest BCUT2D eigenvalue weighted by Crippen LogP contribution is 2.20. The van der Waals surface area contributed by atoms with Crippen molar-refractivity contribution in [2.75, 3.05) is 19.6 Å². The Kier molecular flexibility index (Phi) is 6.01. The first kappa shape index (κ1) is 20.8. The molecule has 1 aliphatic rings. The maximum atomic E-state index is 12.9. The van der Waals surface area contributed by atoms with Crippen molar-refractivity contribution in [3.05, 3.63) is 69.1 Å². The second kappa shape index (κ2) is 8.70. The molecule has 0 saturated carbocycles. The van der Waals surface area contributed by atoms with Gasteiger partial charge in [-0.2, -0.15) is 0 Å². The summed E-state index contributed by atoms with van der Waals surface area (Å²) in [6, 6.07) is 10.1. The number of amides is 1. The number of aromatic nitrogens is 2. The smallest absolute Gasteiger partial charge is 0.271 e. The van der Waals surface area contributed by atoms with Crippen LogP contribution in [0, 0.1) is 0 Å². The number of nitrogens with zero attached hydrogens (tertiary/aromatic N) is 3. The predicted molar refractivity (Wildman–Crippen MR) is 120 cm³/mol. The number of piperidine rings is 1. The van der Waals surface area contributed by atoms with Crippen LogP contribution in [0.2, 0.25) is 0 Å². The molecule has 1 fully saturated rings. The topological polar surface area (TPSA) is 66.7 Å². The standard InChI is InChI=1S/C23H28N4O2S/c1-23(2,26-11-7-4-8-12-26)16-25-20(28)19-14-24-22-27(21(19)29)15-18(30-22)13-17-9-5-3-6-10-17/h3,5-6,9-10,14-15H,4,7-8,11-13,16H2,1-2H3,(H,25,28). The van der Waals surface area contributed by atoms with Gasteiger partial charge in [0.1, 0.15) is 5.56 Å². The van der Waals surface area contributed by atoms with Crippen molar-refractivity contribution in [3.8, 4) is 0 Å². The molecule has 1 N–H and O–H groups in total. The third kappa shape index (κ3) is 4.47. The van der Waals surface area contributed by atoms with Crippen molar-refractivity contribution in [1.82, 2.24) is 19.6 Å². The quantitative estimate of drug-likeness (QED) is 0.659. The van der Waals surface area contributed by atoms with Crippen LogP contribution in [-0.2, 0) is 6.42 Å². The molecule has 6 nitrogen and oxygen atoms in total. The van der Waals surface area contributed by atoms with Crippen molar-refractivity contribution in [1.29, 1.82) is 0 Å². The summed E-state index contributed by atoms with van der Waals surface area (Å²) in [4.78, 5) is 34.1. The van der Waals surface area contributed by atoms with E-state index in [-0.39, 0.29) is 22.6 Å². The lowest BCUT2D eigenvalue weighted by Gasteiger charge is -2.41. The lowest BCUT2D eigenvalue weighted by molar-refractivity contribution is 0.0796. The molecule has 1 aromatic carbocycles. The summed E-state index contributed by atoms with van der Waals surface area (Å²) < 4.78 is 1.49. The number of rotatable bonds is 6. The van der Waals surface area contributed by atoms with Gasteiger partial charge in [0.05, 0.1) is 0 Å². The van der Waals surface area contributed by atoms with Gasteiger partial charge in [0.25, 0.3) is 11.5 Å². The summed E-state index contributed by atoms with van der Waals surface area (Å²) in [5.74, 6) is -0.359. The zero-order valence-electron chi connectivity index (χ0n) is 17.6. The summed E-state index contributed by atoms with van der Waals surface area (Å²) >= 11 is 1.48. The number of thiazole rings is 1. The SMILES string of the molecule is CC(C)(CNC(=O)c1cnc2sc(Cc3ccccc3)cn2c1=O)N1CCCCC1. The molecule has 3 heterocycles. The van der Waals surface area contributed by atoms with Crippen LogP contribution >= 0.6 is 11.3 Å². The van der Waals surface area contributed by atoms with Gasteiger partial charge in [-0.3, -0.25) is 18.9 Å². The Balaban J connectivity index is 1.49. The minimum atomic E-state index is -0.359. The second-order valence-corrected chi connectivity index (χ2v) is 9.63. The number of likely N-dealkylation sites (tertiary alicyclic amines) is 1. The first-order chi connectivity index (χ1) is 14.4. The molecule has 30 heavy (non-hydrogen) atoms. The molecule has 4 rings (SSSR count). The molecular weight excluding hydrogens is 396 g/mol. The summed E-state index contributed by atoms with van der Waals surface area (Å²) in [5.41, 5.74) is 0.805. The zero-order valence-corrected chi connectivity index (χ0v) is 18.4. The van der Waals surface area contributed by atoms with E-state index in [4.69, 9.17) is 0 Å². The van der Waals surface area contributed by atoms with Crippen molar-refractivity contribution >= 4 is 22.2 Å². The summed E-state index contributed by atoms with van der Waals surface area (Å²) in [7, 11) is 0. The molecule has 0 bridgehead atoms. The predicted octanol–water partition coefficient (Wildman–Crippen LogP) is 3.34. The third-order valence-electron chi connectivity index (χ3n) is 5.81. The van der Waals surface area contributed by atoms with Gasteiger partial charge in [0, 0.05) is 35.8 Å². The lowest BCUT2D eigenvalue weighted by Crippen LogP contribution is -2.53. The Hall–Kier alpha value is -2.51. The van der Waals surface area contributed by atoms with Gasteiger partial charge in [-0.1, -0.05) is 36.8 Å². The van der Waals surface area contributed by atoms with Crippen molar-refractivity contribution < 1.29 is 4.79 Å². The Labute approximate surface area is 180 Å². The Morgan fingerprint density at radius 3 is 2.63 bits per heavy atom. The minimum Gasteiger partial charge on any atom is -0.350 e. The first-order valence-electron chi connectivity index (χ1n) is 10.5. The Morgan fingerprint density at radius 1 is 1.17 bits per heavy atom. The zero-order chi connectivity index (χ0) is 21.1. The highest BCUT2D eigenvalue weighted by atomic mass is 32.1. The molecule has 0 aliphatic carbocycles. The van der Waals surface area contributed by atoms with Gasteiger partial charge in [-0.25, -0.2) is 4.98 Å². The van der Waals surface area contributed by atoms with Gasteiger partial charge in [-0.15, -0.1) is 11.3 Å². The maximum Gasteiger partial charge on any atom is 0.271 e. The fourth-order valence-corrected chi connectivity index (χ4v) is 4.94. The van der Waals surface area contributed by atoms with Crippen molar-refractivity contribution in [2.45, 2.75) is 45.1 Å². The number of hydrogen-bond acceptors (Lipinski definition) is 5. The second-order valence-electron chi connectivity index (χ2n) is 8.53. The van der Waals surface area contributed by atoms with E-state index in [0.29, 0.717) is 11.5 Å². The number of carbonyl (C=O) groups excluding carboxylic acids is 1. The molecular formula is C23H28N4O2S. The molecule has 1 saturated heterocycles. The van der Waals surface area contributed by atoms with Crippen LogP contribution in [0.5, 0.6) is 0 Å². The average molecular weight is 425 g/mol. The Bertz CT molecular complexity index is 1080. The summed E-state index contributed by atoms with van der Waals surface area (Å²) in [6.07, 6.45) is 7.61. The molecule has 2 aromatic heterocycles.